The first-order valence-electron chi connectivity index (χ1n) is 8.16. The molecule has 0 aliphatic carbocycles. The molecule has 1 aliphatic rings. The highest BCUT2D eigenvalue weighted by Gasteiger charge is 2.33. The number of nitrogens with zero attached hydrogens (tertiary/aromatic N) is 1. The summed E-state index contributed by atoms with van der Waals surface area (Å²) in [5, 5.41) is 0. The van der Waals surface area contributed by atoms with E-state index in [0.717, 1.165) is 32.5 Å². The van der Waals surface area contributed by atoms with Gasteiger partial charge in [0.1, 0.15) is 0 Å². The molecule has 0 spiro atoms. The van der Waals surface area contributed by atoms with Crippen LogP contribution in [-0.4, -0.2) is 43.8 Å². The van der Waals surface area contributed by atoms with Gasteiger partial charge in [0.2, 0.25) is 0 Å². The Hall–Kier alpha value is -0.900. The van der Waals surface area contributed by atoms with E-state index >= 15 is 0 Å². The van der Waals surface area contributed by atoms with Crippen molar-refractivity contribution in [2.24, 2.45) is 11.7 Å². The van der Waals surface area contributed by atoms with Crippen LogP contribution in [0.3, 0.4) is 0 Å². The van der Waals surface area contributed by atoms with E-state index < -0.39 is 0 Å². The highest BCUT2D eigenvalue weighted by atomic mass is 16.5. The zero-order valence-corrected chi connectivity index (χ0v) is 13.6. The summed E-state index contributed by atoms with van der Waals surface area (Å²) in [6.45, 7) is 6.21. The lowest BCUT2D eigenvalue weighted by Gasteiger charge is -2.45. The van der Waals surface area contributed by atoms with Crippen molar-refractivity contribution in [3.8, 4) is 0 Å². The van der Waals surface area contributed by atoms with Crippen molar-refractivity contribution < 1.29 is 4.74 Å². The molecule has 2 unspecified atom stereocenters. The highest BCUT2D eigenvalue weighted by molar-refractivity contribution is 5.15. The summed E-state index contributed by atoms with van der Waals surface area (Å²) >= 11 is 0. The van der Waals surface area contributed by atoms with E-state index in [4.69, 9.17) is 10.5 Å². The third-order valence-electron chi connectivity index (χ3n) is 4.92. The Morgan fingerprint density at radius 2 is 2.10 bits per heavy atom. The lowest BCUT2D eigenvalue weighted by atomic mass is 9.87. The SMILES string of the molecule is COCC1CCCN(C(C)(CN)CCc2ccccc2)C1. The molecule has 0 saturated carbocycles. The van der Waals surface area contributed by atoms with E-state index in [1.54, 1.807) is 7.11 Å². The van der Waals surface area contributed by atoms with Crippen molar-refractivity contribution >= 4 is 0 Å². The van der Waals surface area contributed by atoms with Crippen LogP contribution in [0.2, 0.25) is 0 Å². The van der Waals surface area contributed by atoms with Crippen LogP contribution in [0.15, 0.2) is 30.3 Å². The molecule has 21 heavy (non-hydrogen) atoms. The summed E-state index contributed by atoms with van der Waals surface area (Å²) in [7, 11) is 1.80. The van der Waals surface area contributed by atoms with Crippen molar-refractivity contribution in [3.63, 3.8) is 0 Å². The van der Waals surface area contributed by atoms with Crippen molar-refractivity contribution in [3.05, 3.63) is 35.9 Å². The molecular formula is C18H30N2O. The monoisotopic (exact) mass is 290 g/mol. The predicted octanol–water partition coefficient (Wildman–Crippen LogP) is 2.70. The fourth-order valence-electron chi connectivity index (χ4n) is 3.37. The van der Waals surface area contributed by atoms with E-state index in [9.17, 15) is 0 Å². The molecule has 0 bridgehead atoms. The topological polar surface area (TPSA) is 38.5 Å². The Kier molecular flexibility index (Phi) is 6.22. The van der Waals surface area contributed by atoms with E-state index in [2.05, 4.69) is 42.2 Å². The molecule has 2 N–H and O–H groups in total. The summed E-state index contributed by atoms with van der Waals surface area (Å²) in [4.78, 5) is 2.60. The van der Waals surface area contributed by atoms with Crippen molar-refractivity contribution in [1.82, 2.24) is 4.90 Å². The largest absolute Gasteiger partial charge is 0.384 e. The zero-order valence-electron chi connectivity index (χ0n) is 13.6. The van der Waals surface area contributed by atoms with Gasteiger partial charge in [-0.05, 0) is 50.6 Å². The fraction of sp³-hybridized carbons (Fsp3) is 0.667. The summed E-state index contributed by atoms with van der Waals surface area (Å²) in [5.74, 6) is 0.659. The van der Waals surface area contributed by atoms with Crippen LogP contribution in [0.5, 0.6) is 0 Å². The summed E-state index contributed by atoms with van der Waals surface area (Å²) in [5.41, 5.74) is 7.65. The quantitative estimate of drug-likeness (QED) is 0.839. The van der Waals surface area contributed by atoms with Gasteiger partial charge in [0, 0.05) is 25.7 Å². The molecule has 1 heterocycles. The highest BCUT2D eigenvalue weighted by Crippen LogP contribution is 2.27. The average Bonchev–Trinajstić information content (AvgIpc) is 2.54. The van der Waals surface area contributed by atoms with E-state index in [1.165, 1.54) is 24.9 Å². The van der Waals surface area contributed by atoms with Crippen LogP contribution in [0, 0.1) is 5.92 Å². The van der Waals surface area contributed by atoms with Crippen molar-refractivity contribution in [2.75, 3.05) is 33.4 Å². The predicted molar refractivity (Wildman–Crippen MR) is 88.4 cm³/mol. The number of piperidine rings is 1. The number of ether oxygens (including phenoxy) is 1. The minimum Gasteiger partial charge on any atom is -0.384 e. The number of hydrogen-bond acceptors (Lipinski definition) is 3. The van der Waals surface area contributed by atoms with Gasteiger partial charge < -0.3 is 10.5 Å². The molecule has 1 aromatic carbocycles. The fourth-order valence-corrected chi connectivity index (χ4v) is 3.37. The third-order valence-corrected chi connectivity index (χ3v) is 4.92. The van der Waals surface area contributed by atoms with Crippen LogP contribution in [0.25, 0.3) is 0 Å². The van der Waals surface area contributed by atoms with Gasteiger partial charge in [-0.15, -0.1) is 0 Å². The lowest BCUT2D eigenvalue weighted by Crippen LogP contribution is -2.55. The van der Waals surface area contributed by atoms with Gasteiger partial charge in [-0.25, -0.2) is 0 Å². The first-order valence-corrected chi connectivity index (χ1v) is 8.16. The van der Waals surface area contributed by atoms with Gasteiger partial charge >= 0.3 is 0 Å². The maximum atomic E-state index is 6.15. The Morgan fingerprint density at radius 3 is 2.76 bits per heavy atom. The van der Waals surface area contributed by atoms with Crippen LogP contribution in [0.4, 0.5) is 0 Å². The van der Waals surface area contributed by atoms with Crippen molar-refractivity contribution in [2.45, 2.75) is 38.1 Å². The molecular weight excluding hydrogens is 260 g/mol. The number of likely N-dealkylation sites (tertiary alicyclic amines) is 1. The first-order chi connectivity index (χ1) is 10.2. The standard InChI is InChI=1S/C18H30N2O/c1-18(15-19,11-10-16-7-4-3-5-8-16)20-12-6-9-17(13-20)14-21-2/h3-5,7-8,17H,6,9-15,19H2,1-2H3. The van der Waals surface area contributed by atoms with Crippen molar-refractivity contribution in [1.29, 1.82) is 0 Å². The number of rotatable bonds is 7. The minimum atomic E-state index is 0.0995. The van der Waals surface area contributed by atoms with Gasteiger partial charge in [0.15, 0.2) is 0 Å². The molecule has 0 amide bonds. The number of benzene rings is 1. The smallest absolute Gasteiger partial charge is 0.0502 e. The molecule has 1 fully saturated rings. The maximum Gasteiger partial charge on any atom is 0.0502 e. The van der Waals surface area contributed by atoms with E-state index in [-0.39, 0.29) is 5.54 Å². The number of hydrogen-bond donors (Lipinski definition) is 1. The first kappa shape index (κ1) is 16.5. The number of aryl methyl sites for hydroxylation is 1. The molecule has 1 saturated heterocycles. The van der Waals surface area contributed by atoms with E-state index in [0.29, 0.717) is 5.92 Å². The summed E-state index contributed by atoms with van der Waals surface area (Å²) in [6.07, 6.45) is 4.76. The zero-order chi connectivity index (χ0) is 15.1. The molecule has 118 valence electrons. The Labute approximate surface area is 129 Å². The molecule has 2 rings (SSSR count). The van der Waals surface area contributed by atoms with Crippen LogP contribution in [0.1, 0.15) is 31.7 Å². The molecule has 3 nitrogen and oxygen atoms in total. The van der Waals surface area contributed by atoms with E-state index in [1.807, 2.05) is 0 Å². The Balaban J connectivity index is 1.95. The third kappa shape index (κ3) is 4.53. The second-order valence-corrected chi connectivity index (χ2v) is 6.60. The Bertz CT molecular complexity index is 407. The molecule has 1 aromatic rings. The Morgan fingerprint density at radius 1 is 1.33 bits per heavy atom. The molecule has 0 radical (unpaired) electrons. The molecule has 3 heteroatoms. The summed E-state index contributed by atoms with van der Waals surface area (Å²) < 4.78 is 5.35. The maximum absolute atomic E-state index is 6.15. The normalized spacial score (nSPS) is 22.9. The second kappa shape index (κ2) is 7.92. The summed E-state index contributed by atoms with van der Waals surface area (Å²) in [6, 6.07) is 10.7. The van der Waals surface area contributed by atoms with Gasteiger partial charge in [0.25, 0.3) is 0 Å². The number of nitrogens with two attached hydrogens (primary N) is 1. The van der Waals surface area contributed by atoms with Gasteiger partial charge in [-0.3, -0.25) is 4.90 Å². The molecule has 0 aromatic heterocycles. The number of methoxy groups -OCH3 is 1. The lowest BCUT2D eigenvalue weighted by molar-refractivity contribution is 0.0268. The van der Waals surface area contributed by atoms with Crippen LogP contribution >= 0.6 is 0 Å². The van der Waals surface area contributed by atoms with Crippen LogP contribution in [-0.2, 0) is 11.2 Å². The second-order valence-electron chi connectivity index (χ2n) is 6.60. The van der Waals surface area contributed by atoms with Crippen LogP contribution < -0.4 is 5.73 Å². The molecule has 2 atom stereocenters. The minimum absolute atomic E-state index is 0.0995. The molecule has 1 aliphatic heterocycles. The van der Waals surface area contributed by atoms with Gasteiger partial charge in [0.05, 0.1) is 6.61 Å². The average molecular weight is 290 g/mol. The van der Waals surface area contributed by atoms with Gasteiger partial charge in [-0.2, -0.15) is 0 Å². The van der Waals surface area contributed by atoms with Gasteiger partial charge in [-0.1, -0.05) is 30.3 Å².